The van der Waals surface area contributed by atoms with Gasteiger partial charge in [0.15, 0.2) is 0 Å². The second kappa shape index (κ2) is 7.04. The van der Waals surface area contributed by atoms with Gasteiger partial charge in [0.1, 0.15) is 23.2 Å². The van der Waals surface area contributed by atoms with Gasteiger partial charge in [-0.2, -0.15) is 5.26 Å². The van der Waals surface area contributed by atoms with Crippen LogP contribution in [-0.4, -0.2) is 13.0 Å². The van der Waals surface area contributed by atoms with E-state index in [9.17, 15) is 9.18 Å². The van der Waals surface area contributed by atoms with Crippen molar-refractivity contribution in [3.8, 4) is 11.8 Å². The van der Waals surface area contributed by atoms with Crippen molar-refractivity contribution in [1.82, 2.24) is 0 Å². The summed E-state index contributed by atoms with van der Waals surface area (Å²) >= 11 is 0. The highest BCUT2D eigenvalue weighted by atomic mass is 19.1. The normalized spacial score (nSPS) is 10.7. The van der Waals surface area contributed by atoms with Crippen LogP contribution in [0.4, 0.5) is 10.1 Å². The number of ether oxygens (including phenoxy) is 1. The van der Waals surface area contributed by atoms with Crippen molar-refractivity contribution in [2.45, 2.75) is 0 Å². The van der Waals surface area contributed by atoms with Gasteiger partial charge in [0.25, 0.3) is 5.91 Å². The summed E-state index contributed by atoms with van der Waals surface area (Å²) in [6, 6.07) is 14.2. The van der Waals surface area contributed by atoms with Crippen molar-refractivity contribution in [2.75, 3.05) is 12.4 Å². The van der Waals surface area contributed by atoms with Crippen LogP contribution in [0, 0.1) is 17.1 Å². The van der Waals surface area contributed by atoms with E-state index in [-0.39, 0.29) is 5.57 Å². The second-order valence-corrected chi connectivity index (χ2v) is 4.41. The van der Waals surface area contributed by atoms with Crippen LogP contribution in [0.5, 0.6) is 5.75 Å². The molecule has 0 aliphatic carbocycles. The molecule has 0 atom stereocenters. The maximum absolute atomic E-state index is 13.1. The van der Waals surface area contributed by atoms with E-state index in [4.69, 9.17) is 10.00 Å². The van der Waals surface area contributed by atoms with E-state index in [1.807, 2.05) is 6.07 Å². The standard InChI is InChI=1S/C17H13FN2O2/c1-22-16-7-5-12(6-8-16)9-13(11-19)17(21)20-15-4-2-3-14(18)10-15/h2-10H,1H3,(H,20,21)/b13-9-. The number of nitrogens with one attached hydrogen (secondary N) is 1. The Morgan fingerprint density at radius 2 is 2.00 bits per heavy atom. The molecule has 0 spiro atoms. The van der Waals surface area contributed by atoms with E-state index in [0.29, 0.717) is 17.0 Å². The molecule has 2 rings (SSSR count). The largest absolute Gasteiger partial charge is 0.497 e. The van der Waals surface area contributed by atoms with Crippen molar-refractivity contribution in [3.05, 3.63) is 65.5 Å². The van der Waals surface area contributed by atoms with E-state index in [1.54, 1.807) is 37.4 Å². The molecule has 5 heteroatoms. The zero-order valence-electron chi connectivity index (χ0n) is 11.8. The number of halogens is 1. The number of hydrogen-bond acceptors (Lipinski definition) is 3. The van der Waals surface area contributed by atoms with Crippen molar-refractivity contribution in [2.24, 2.45) is 0 Å². The van der Waals surface area contributed by atoms with Gasteiger partial charge in [-0.1, -0.05) is 18.2 Å². The van der Waals surface area contributed by atoms with Gasteiger partial charge in [-0.25, -0.2) is 4.39 Å². The lowest BCUT2D eigenvalue weighted by molar-refractivity contribution is -0.112. The molecule has 2 aromatic rings. The molecule has 110 valence electrons. The second-order valence-electron chi connectivity index (χ2n) is 4.41. The van der Waals surface area contributed by atoms with E-state index < -0.39 is 11.7 Å². The molecular weight excluding hydrogens is 283 g/mol. The molecule has 0 saturated heterocycles. The summed E-state index contributed by atoms with van der Waals surface area (Å²) in [4.78, 5) is 12.0. The Kier molecular flexibility index (Phi) is 4.89. The average Bonchev–Trinajstić information content (AvgIpc) is 2.53. The molecule has 2 aromatic carbocycles. The number of methoxy groups -OCH3 is 1. The smallest absolute Gasteiger partial charge is 0.266 e. The number of anilines is 1. The van der Waals surface area contributed by atoms with Crippen molar-refractivity contribution in [3.63, 3.8) is 0 Å². The van der Waals surface area contributed by atoms with Gasteiger partial charge in [-0.05, 0) is 42.0 Å². The zero-order chi connectivity index (χ0) is 15.9. The molecule has 0 aliphatic heterocycles. The molecule has 0 aromatic heterocycles. The lowest BCUT2D eigenvalue weighted by atomic mass is 10.1. The van der Waals surface area contributed by atoms with Crippen molar-refractivity contribution in [1.29, 1.82) is 5.26 Å². The molecule has 1 amide bonds. The summed E-state index contributed by atoms with van der Waals surface area (Å²) in [6.07, 6.45) is 1.45. The number of carbonyl (C=O) groups excluding carboxylic acids is 1. The maximum atomic E-state index is 13.1. The first-order valence-corrected chi connectivity index (χ1v) is 6.45. The number of benzene rings is 2. The number of rotatable bonds is 4. The Morgan fingerprint density at radius 1 is 1.27 bits per heavy atom. The molecule has 4 nitrogen and oxygen atoms in total. The third-order valence-electron chi connectivity index (χ3n) is 2.87. The third kappa shape index (κ3) is 3.93. The molecule has 0 unspecified atom stereocenters. The molecule has 22 heavy (non-hydrogen) atoms. The first-order valence-electron chi connectivity index (χ1n) is 6.45. The highest BCUT2D eigenvalue weighted by Crippen LogP contribution is 2.15. The Bertz CT molecular complexity index is 746. The summed E-state index contributed by atoms with van der Waals surface area (Å²) in [5, 5.41) is 11.6. The topological polar surface area (TPSA) is 62.1 Å². The third-order valence-corrected chi connectivity index (χ3v) is 2.87. The van der Waals surface area contributed by atoms with Crippen LogP contribution in [-0.2, 0) is 4.79 Å². The van der Waals surface area contributed by atoms with Crippen LogP contribution in [0.25, 0.3) is 6.08 Å². The van der Waals surface area contributed by atoms with Crippen molar-refractivity contribution < 1.29 is 13.9 Å². The zero-order valence-corrected chi connectivity index (χ0v) is 11.8. The number of nitrogens with zero attached hydrogens (tertiary/aromatic N) is 1. The average molecular weight is 296 g/mol. The van der Waals surface area contributed by atoms with Gasteiger partial charge in [-0.3, -0.25) is 4.79 Å². The van der Waals surface area contributed by atoms with Crippen molar-refractivity contribution >= 4 is 17.7 Å². The summed E-state index contributed by atoms with van der Waals surface area (Å²) in [5.41, 5.74) is 0.905. The molecule has 1 N–H and O–H groups in total. The quantitative estimate of drug-likeness (QED) is 0.695. The number of nitriles is 1. The fourth-order valence-electron chi connectivity index (χ4n) is 1.78. The minimum Gasteiger partial charge on any atom is -0.497 e. The van der Waals surface area contributed by atoms with Gasteiger partial charge >= 0.3 is 0 Å². The highest BCUT2D eigenvalue weighted by Gasteiger charge is 2.09. The summed E-state index contributed by atoms with van der Waals surface area (Å²) < 4.78 is 18.1. The van der Waals surface area contributed by atoms with Gasteiger partial charge in [0, 0.05) is 5.69 Å². The Balaban J connectivity index is 2.17. The molecule has 0 fully saturated rings. The minimum atomic E-state index is -0.594. The van der Waals surface area contributed by atoms with E-state index in [2.05, 4.69) is 5.32 Å². The van der Waals surface area contributed by atoms with Gasteiger partial charge < -0.3 is 10.1 Å². The fourth-order valence-corrected chi connectivity index (χ4v) is 1.78. The molecular formula is C17H13FN2O2. The first-order chi connectivity index (χ1) is 10.6. The van der Waals surface area contributed by atoms with Crippen LogP contribution in [0.15, 0.2) is 54.1 Å². The predicted octanol–water partition coefficient (Wildman–Crippen LogP) is 3.38. The summed E-state index contributed by atoms with van der Waals surface area (Å²) in [5.74, 6) is -0.376. The van der Waals surface area contributed by atoms with Crippen LogP contribution < -0.4 is 10.1 Å². The monoisotopic (exact) mass is 296 g/mol. The number of carbonyl (C=O) groups is 1. The lowest BCUT2D eigenvalue weighted by Gasteiger charge is -2.04. The first kappa shape index (κ1) is 15.3. The molecule has 0 saturated carbocycles. The highest BCUT2D eigenvalue weighted by molar-refractivity contribution is 6.09. The number of amides is 1. The van der Waals surface area contributed by atoms with E-state index in [1.165, 1.54) is 24.3 Å². The van der Waals surface area contributed by atoms with Gasteiger partial charge in [0.2, 0.25) is 0 Å². The lowest BCUT2D eigenvalue weighted by Crippen LogP contribution is -2.13. The minimum absolute atomic E-state index is 0.0746. The molecule has 0 radical (unpaired) electrons. The summed E-state index contributed by atoms with van der Waals surface area (Å²) in [6.45, 7) is 0. The Hall–Kier alpha value is -3.13. The SMILES string of the molecule is COc1ccc(/C=C(/C#N)C(=O)Nc2cccc(F)c2)cc1. The molecule has 0 aliphatic rings. The van der Waals surface area contributed by atoms with Crippen LogP contribution in [0.1, 0.15) is 5.56 Å². The van der Waals surface area contributed by atoms with E-state index in [0.717, 1.165) is 0 Å². The maximum Gasteiger partial charge on any atom is 0.266 e. The Labute approximate surface area is 127 Å². The number of hydrogen-bond donors (Lipinski definition) is 1. The van der Waals surface area contributed by atoms with Gasteiger partial charge in [-0.15, -0.1) is 0 Å². The molecule has 0 heterocycles. The fraction of sp³-hybridized carbons (Fsp3) is 0.0588. The molecule has 0 bridgehead atoms. The summed E-state index contributed by atoms with van der Waals surface area (Å²) in [7, 11) is 1.55. The predicted molar refractivity (Wildman–Crippen MR) is 81.6 cm³/mol. The van der Waals surface area contributed by atoms with Crippen LogP contribution >= 0.6 is 0 Å². The van der Waals surface area contributed by atoms with Crippen LogP contribution in [0.3, 0.4) is 0 Å². The van der Waals surface area contributed by atoms with Crippen LogP contribution in [0.2, 0.25) is 0 Å². The van der Waals surface area contributed by atoms with E-state index >= 15 is 0 Å². The Morgan fingerprint density at radius 3 is 2.59 bits per heavy atom. The van der Waals surface area contributed by atoms with Gasteiger partial charge in [0.05, 0.1) is 7.11 Å².